The van der Waals surface area contributed by atoms with Crippen molar-refractivity contribution in [3.8, 4) is 0 Å². The summed E-state index contributed by atoms with van der Waals surface area (Å²) in [4.78, 5) is 22.3. The van der Waals surface area contributed by atoms with Crippen LogP contribution in [0.5, 0.6) is 0 Å². The molecule has 1 heterocycles. The second kappa shape index (κ2) is 3.20. The van der Waals surface area contributed by atoms with E-state index < -0.39 is 0 Å². The lowest BCUT2D eigenvalue weighted by molar-refractivity contribution is 0.701. The molecular weight excluding hydrogens is 168 g/mol. The summed E-state index contributed by atoms with van der Waals surface area (Å²) in [5, 5.41) is 4.62. The SMILES string of the molecule is O=c1cc(C2CCCC2)c(=O)[nH][nH]1. The van der Waals surface area contributed by atoms with Crippen molar-refractivity contribution in [2.45, 2.75) is 31.6 Å². The van der Waals surface area contributed by atoms with Crippen LogP contribution in [-0.2, 0) is 0 Å². The van der Waals surface area contributed by atoms with Gasteiger partial charge in [-0.05, 0) is 18.8 Å². The number of aromatic nitrogens is 2. The van der Waals surface area contributed by atoms with Gasteiger partial charge in [-0.1, -0.05) is 12.8 Å². The molecule has 0 unspecified atom stereocenters. The van der Waals surface area contributed by atoms with Crippen LogP contribution in [0.1, 0.15) is 37.2 Å². The van der Waals surface area contributed by atoms with Crippen molar-refractivity contribution in [1.82, 2.24) is 10.2 Å². The molecule has 1 aliphatic carbocycles. The van der Waals surface area contributed by atoms with Gasteiger partial charge in [0.25, 0.3) is 11.1 Å². The summed E-state index contributed by atoms with van der Waals surface area (Å²) in [6.45, 7) is 0. The first kappa shape index (κ1) is 8.29. The van der Waals surface area contributed by atoms with Gasteiger partial charge in [0.2, 0.25) is 0 Å². The molecule has 1 fully saturated rings. The molecule has 1 aromatic rings. The third-order valence-corrected chi connectivity index (χ3v) is 2.64. The van der Waals surface area contributed by atoms with Crippen molar-refractivity contribution < 1.29 is 0 Å². The maximum absolute atomic E-state index is 11.3. The standard InChI is InChI=1S/C9H12N2O2/c12-8-5-7(9(13)11-10-8)6-3-1-2-4-6/h5-6H,1-4H2,(H,10,12)(H,11,13). The van der Waals surface area contributed by atoms with Crippen molar-refractivity contribution >= 4 is 0 Å². The Morgan fingerprint density at radius 1 is 1.15 bits per heavy atom. The Labute approximate surface area is 75.0 Å². The lowest BCUT2D eigenvalue weighted by Gasteiger charge is -2.05. The number of rotatable bonds is 1. The van der Waals surface area contributed by atoms with Crippen LogP contribution >= 0.6 is 0 Å². The Morgan fingerprint density at radius 3 is 2.54 bits per heavy atom. The highest BCUT2D eigenvalue weighted by atomic mass is 16.1. The van der Waals surface area contributed by atoms with E-state index in [-0.39, 0.29) is 11.1 Å². The van der Waals surface area contributed by atoms with E-state index in [1.54, 1.807) is 0 Å². The van der Waals surface area contributed by atoms with Gasteiger partial charge in [0.15, 0.2) is 0 Å². The molecule has 1 aliphatic rings. The molecule has 0 spiro atoms. The first-order valence-electron chi connectivity index (χ1n) is 4.59. The number of nitrogens with one attached hydrogen (secondary N) is 2. The van der Waals surface area contributed by atoms with Gasteiger partial charge >= 0.3 is 0 Å². The van der Waals surface area contributed by atoms with Crippen LogP contribution in [0.2, 0.25) is 0 Å². The lowest BCUT2D eigenvalue weighted by Crippen LogP contribution is -2.23. The molecule has 2 N–H and O–H groups in total. The number of H-pyrrole nitrogens is 2. The normalized spacial score (nSPS) is 17.8. The van der Waals surface area contributed by atoms with Crippen LogP contribution in [0, 0.1) is 0 Å². The van der Waals surface area contributed by atoms with E-state index >= 15 is 0 Å². The largest absolute Gasteiger partial charge is 0.268 e. The number of hydrogen-bond acceptors (Lipinski definition) is 2. The van der Waals surface area contributed by atoms with E-state index in [9.17, 15) is 9.59 Å². The van der Waals surface area contributed by atoms with Crippen molar-refractivity contribution in [1.29, 1.82) is 0 Å². The summed E-state index contributed by atoms with van der Waals surface area (Å²) >= 11 is 0. The van der Waals surface area contributed by atoms with E-state index in [1.807, 2.05) is 0 Å². The first-order chi connectivity index (χ1) is 6.27. The van der Waals surface area contributed by atoms with Crippen LogP contribution in [-0.4, -0.2) is 10.2 Å². The number of aromatic amines is 2. The molecule has 1 saturated carbocycles. The van der Waals surface area contributed by atoms with Gasteiger partial charge in [0.05, 0.1) is 0 Å². The Balaban J connectivity index is 2.43. The molecule has 1 aromatic heterocycles. The molecule has 0 atom stereocenters. The minimum absolute atomic E-state index is 0.147. The zero-order valence-corrected chi connectivity index (χ0v) is 7.30. The second-order valence-corrected chi connectivity index (χ2v) is 3.52. The molecule has 4 nitrogen and oxygen atoms in total. The zero-order chi connectivity index (χ0) is 9.26. The first-order valence-corrected chi connectivity index (χ1v) is 4.59. The molecular formula is C9H12N2O2. The van der Waals surface area contributed by atoms with Crippen LogP contribution in [0.15, 0.2) is 15.7 Å². The molecule has 0 radical (unpaired) electrons. The van der Waals surface area contributed by atoms with E-state index in [1.165, 1.54) is 6.07 Å². The summed E-state index contributed by atoms with van der Waals surface area (Å²) in [6, 6.07) is 1.43. The highest BCUT2D eigenvalue weighted by molar-refractivity contribution is 5.13. The fourth-order valence-corrected chi connectivity index (χ4v) is 1.97. The average molecular weight is 180 g/mol. The van der Waals surface area contributed by atoms with Gasteiger partial charge in [-0.25, -0.2) is 0 Å². The van der Waals surface area contributed by atoms with Gasteiger partial charge < -0.3 is 0 Å². The van der Waals surface area contributed by atoms with Crippen molar-refractivity contribution in [2.24, 2.45) is 0 Å². The Bertz CT molecular complexity index is 399. The molecule has 0 aliphatic heterocycles. The van der Waals surface area contributed by atoms with Crippen molar-refractivity contribution in [2.75, 3.05) is 0 Å². The van der Waals surface area contributed by atoms with Crippen LogP contribution in [0.4, 0.5) is 0 Å². The molecule has 0 amide bonds. The summed E-state index contributed by atoms with van der Waals surface area (Å²) in [7, 11) is 0. The average Bonchev–Trinajstić information content (AvgIpc) is 2.61. The topological polar surface area (TPSA) is 65.7 Å². The Morgan fingerprint density at radius 2 is 1.85 bits per heavy atom. The van der Waals surface area contributed by atoms with Gasteiger partial charge in [0, 0.05) is 11.6 Å². The Hall–Kier alpha value is -1.32. The summed E-state index contributed by atoms with van der Waals surface area (Å²) in [5.41, 5.74) is 0.286. The smallest absolute Gasteiger partial charge is 0.266 e. The maximum Gasteiger partial charge on any atom is 0.266 e. The molecule has 70 valence electrons. The number of hydrogen-bond donors (Lipinski definition) is 2. The molecule has 2 rings (SSSR count). The second-order valence-electron chi connectivity index (χ2n) is 3.52. The van der Waals surface area contributed by atoms with Crippen LogP contribution in [0.25, 0.3) is 0 Å². The third kappa shape index (κ3) is 1.56. The minimum atomic E-state index is -0.221. The predicted octanol–water partition coefficient (Wildman–Crippen LogP) is 0.721. The highest BCUT2D eigenvalue weighted by Crippen LogP contribution is 2.31. The fourth-order valence-electron chi connectivity index (χ4n) is 1.97. The molecule has 0 saturated heterocycles. The molecule has 0 bridgehead atoms. The minimum Gasteiger partial charge on any atom is -0.268 e. The lowest BCUT2D eigenvalue weighted by atomic mass is 10.00. The third-order valence-electron chi connectivity index (χ3n) is 2.64. The van der Waals surface area contributed by atoms with Gasteiger partial charge in [-0.15, -0.1) is 0 Å². The summed E-state index contributed by atoms with van der Waals surface area (Å²) in [6.07, 6.45) is 4.40. The van der Waals surface area contributed by atoms with E-state index in [2.05, 4.69) is 10.2 Å². The Kier molecular flexibility index (Phi) is 2.04. The van der Waals surface area contributed by atoms with Gasteiger partial charge in [0.1, 0.15) is 0 Å². The highest BCUT2D eigenvalue weighted by Gasteiger charge is 2.19. The van der Waals surface area contributed by atoms with E-state index in [0.717, 1.165) is 25.7 Å². The van der Waals surface area contributed by atoms with Gasteiger partial charge in [-0.3, -0.25) is 19.8 Å². The quantitative estimate of drug-likeness (QED) is 0.668. The molecule has 0 aromatic carbocycles. The van der Waals surface area contributed by atoms with E-state index in [4.69, 9.17) is 0 Å². The van der Waals surface area contributed by atoms with Crippen molar-refractivity contribution in [3.63, 3.8) is 0 Å². The van der Waals surface area contributed by atoms with Crippen LogP contribution in [0.3, 0.4) is 0 Å². The zero-order valence-electron chi connectivity index (χ0n) is 7.30. The predicted molar refractivity (Wildman–Crippen MR) is 48.9 cm³/mol. The maximum atomic E-state index is 11.3. The summed E-state index contributed by atoms with van der Waals surface area (Å²) in [5.74, 6) is 0.297. The van der Waals surface area contributed by atoms with Crippen molar-refractivity contribution in [3.05, 3.63) is 32.3 Å². The van der Waals surface area contributed by atoms with Crippen LogP contribution < -0.4 is 11.1 Å². The fraction of sp³-hybridized carbons (Fsp3) is 0.556. The van der Waals surface area contributed by atoms with E-state index in [0.29, 0.717) is 11.5 Å². The van der Waals surface area contributed by atoms with Gasteiger partial charge in [-0.2, -0.15) is 0 Å². The summed E-state index contributed by atoms with van der Waals surface area (Å²) < 4.78 is 0. The monoisotopic (exact) mass is 180 g/mol. The molecule has 13 heavy (non-hydrogen) atoms. The molecule has 4 heteroatoms.